The molecule has 0 aliphatic carbocycles. The molecule has 0 saturated carbocycles. The fourth-order valence-corrected chi connectivity index (χ4v) is 7.44. The van der Waals surface area contributed by atoms with Crippen molar-refractivity contribution in [1.82, 2.24) is 10.6 Å². The molecule has 0 unspecified atom stereocenters. The summed E-state index contributed by atoms with van der Waals surface area (Å²) in [7, 11) is -3.04. The Morgan fingerprint density at radius 2 is 1.07 bits per heavy atom. The van der Waals surface area contributed by atoms with E-state index in [2.05, 4.69) is 30.8 Å². The summed E-state index contributed by atoms with van der Waals surface area (Å²) in [5.74, 6) is 0.914. The van der Waals surface area contributed by atoms with Gasteiger partial charge in [-0.05, 0) is 19.8 Å². The van der Waals surface area contributed by atoms with E-state index < -0.39 is 13.4 Å². The fraction of sp³-hybridized carbons (Fsp3) is 0.929. The van der Waals surface area contributed by atoms with Crippen LogP contribution in [0, 0.1) is 0 Å². The molecule has 0 radical (unpaired) electrons. The SMILES string of the molecule is C=P(O)(O)CCOCCOCCOC[C@H](C)NC(=O)[C@@H](N)CSC[C@@H](COCCCCCCCCCCCC)NC(=O)CCCCCCCCCCCCC. The van der Waals surface area contributed by atoms with Crippen LogP contribution in [-0.4, -0.2) is 117 Å². The molecular formula is C42H86N3O8PS. The molecule has 0 aromatic heterocycles. The molecule has 6 N–H and O–H groups in total. The van der Waals surface area contributed by atoms with E-state index in [9.17, 15) is 19.4 Å². The summed E-state index contributed by atoms with van der Waals surface area (Å²) < 4.78 is 22.4. The number of rotatable bonds is 43. The van der Waals surface area contributed by atoms with Crippen molar-refractivity contribution in [2.45, 2.75) is 180 Å². The van der Waals surface area contributed by atoms with Crippen LogP contribution in [0.2, 0.25) is 0 Å². The predicted octanol–water partition coefficient (Wildman–Crippen LogP) is 7.99. The number of carbonyl (C=O) groups excluding carboxylic acids is 2. The molecule has 0 aromatic carbocycles. The summed E-state index contributed by atoms with van der Waals surface area (Å²) in [5, 5.41) is 6.12. The number of thioether (sulfide) groups is 1. The molecule has 0 aliphatic rings. The van der Waals surface area contributed by atoms with Crippen LogP contribution in [0.5, 0.6) is 0 Å². The molecule has 0 bridgehead atoms. The molecule has 0 saturated heterocycles. The lowest BCUT2D eigenvalue weighted by molar-refractivity contribution is -0.123. The topological polar surface area (TPSA) is 162 Å². The summed E-state index contributed by atoms with van der Waals surface area (Å²) in [5.41, 5.74) is 6.24. The van der Waals surface area contributed by atoms with E-state index in [4.69, 9.17) is 24.7 Å². The molecule has 13 heteroatoms. The zero-order chi connectivity index (χ0) is 40.7. The number of carbonyl (C=O) groups is 2. The fourth-order valence-electron chi connectivity index (χ4n) is 6.01. The molecule has 55 heavy (non-hydrogen) atoms. The van der Waals surface area contributed by atoms with E-state index in [-0.39, 0.29) is 36.7 Å². The van der Waals surface area contributed by atoms with Gasteiger partial charge in [0.15, 0.2) is 0 Å². The third kappa shape index (κ3) is 41.3. The second-order valence-corrected chi connectivity index (χ2v) is 18.5. The zero-order valence-electron chi connectivity index (χ0n) is 35.6. The minimum absolute atomic E-state index is 0.0748. The maximum absolute atomic E-state index is 12.9. The first kappa shape index (κ1) is 54.3. The van der Waals surface area contributed by atoms with Gasteiger partial charge in [-0.1, -0.05) is 142 Å². The minimum Gasteiger partial charge on any atom is -0.379 e. The van der Waals surface area contributed by atoms with Gasteiger partial charge in [0.25, 0.3) is 0 Å². The number of unbranched alkanes of at least 4 members (excludes halogenated alkanes) is 19. The number of hydrogen-bond donors (Lipinski definition) is 5. The van der Waals surface area contributed by atoms with Gasteiger partial charge in [0, 0.05) is 36.7 Å². The highest BCUT2D eigenvalue weighted by molar-refractivity contribution is 7.99. The Morgan fingerprint density at radius 1 is 0.618 bits per heavy atom. The van der Waals surface area contributed by atoms with Gasteiger partial charge in [0.2, 0.25) is 11.8 Å². The third-order valence-corrected chi connectivity index (χ3v) is 11.5. The average molecular weight is 824 g/mol. The minimum atomic E-state index is -3.04. The van der Waals surface area contributed by atoms with Crippen LogP contribution in [0.1, 0.15) is 162 Å². The van der Waals surface area contributed by atoms with E-state index in [1.54, 1.807) is 11.8 Å². The Bertz CT molecular complexity index is 916. The Labute approximate surface area is 341 Å². The number of hydrogen-bond acceptors (Lipinski definition) is 10. The lowest BCUT2D eigenvalue weighted by Gasteiger charge is -2.21. The second-order valence-electron chi connectivity index (χ2n) is 15.3. The van der Waals surface area contributed by atoms with Gasteiger partial charge < -0.3 is 45.1 Å². The van der Waals surface area contributed by atoms with Crippen molar-refractivity contribution in [1.29, 1.82) is 0 Å². The van der Waals surface area contributed by atoms with Crippen molar-refractivity contribution < 1.29 is 38.3 Å². The van der Waals surface area contributed by atoms with E-state index in [1.807, 2.05) is 6.92 Å². The van der Waals surface area contributed by atoms with E-state index in [0.717, 1.165) is 19.3 Å². The number of ether oxygens (including phenoxy) is 4. The van der Waals surface area contributed by atoms with Gasteiger partial charge in [-0.25, -0.2) is 0 Å². The normalized spacial score (nSPS) is 13.5. The lowest BCUT2D eigenvalue weighted by atomic mass is 10.1. The highest BCUT2D eigenvalue weighted by atomic mass is 32.2. The summed E-state index contributed by atoms with van der Waals surface area (Å²) in [4.78, 5) is 44.1. The standard InChI is InChI=1S/C42H86N3O8PS/c1-5-7-9-11-13-15-17-18-20-22-24-26-41(46)45-39(35-52-27-25-23-21-19-16-14-12-10-8-6-2)36-55-37-40(43)42(47)44-38(3)34-53-31-30-50-28-29-51-32-33-54(4,48)49/h38-40,48-49H,4-37,43H2,1-3H3,(H,44,47)(H,45,46)/t38-,39+,40-/m0/s1. The van der Waals surface area contributed by atoms with Gasteiger partial charge in [0.1, 0.15) is 7.34 Å². The number of amides is 2. The van der Waals surface area contributed by atoms with Gasteiger partial charge in [0.05, 0.1) is 58.3 Å². The second kappa shape index (κ2) is 40.1. The highest BCUT2D eigenvalue weighted by Crippen LogP contribution is 2.32. The van der Waals surface area contributed by atoms with Gasteiger partial charge in [-0.3, -0.25) is 9.59 Å². The van der Waals surface area contributed by atoms with Crippen LogP contribution in [0.4, 0.5) is 0 Å². The largest absolute Gasteiger partial charge is 0.379 e. The van der Waals surface area contributed by atoms with Crippen LogP contribution < -0.4 is 16.4 Å². The van der Waals surface area contributed by atoms with Crippen LogP contribution in [-0.2, 0) is 28.5 Å². The van der Waals surface area contributed by atoms with Crippen molar-refractivity contribution in [3.05, 3.63) is 0 Å². The maximum Gasteiger partial charge on any atom is 0.238 e. The molecule has 0 aliphatic heterocycles. The smallest absolute Gasteiger partial charge is 0.238 e. The molecule has 2 amide bonds. The molecule has 328 valence electrons. The van der Waals surface area contributed by atoms with Crippen molar-refractivity contribution in [3.8, 4) is 0 Å². The van der Waals surface area contributed by atoms with Crippen LogP contribution in [0.15, 0.2) is 0 Å². The van der Waals surface area contributed by atoms with Gasteiger partial charge in [-0.2, -0.15) is 11.8 Å². The molecule has 0 aromatic rings. The van der Waals surface area contributed by atoms with E-state index in [0.29, 0.717) is 64.2 Å². The highest BCUT2D eigenvalue weighted by Gasteiger charge is 2.18. The van der Waals surface area contributed by atoms with Crippen LogP contribution >= 0.6 is 19.1 Å². The molecule has 0 fully saturated rings. The van der Waals surface area contributed by atoms with Crippen molar-refractivity contribution in [3.63, 3.8) is 0 Å². The maximum atomic E-state index is 12.9. The first-order valence-corrected chi connectivity index (χ1v) is 25.2. The Kier molecular flexibility index (Phi) is 39.6. The summed E-state index contributed by atoms with van der Waals surface area (Å²) in [6, 6.07) is -1.01. The Balaban J connectivity index is 4.38. The molecule has 0 rings (SSSR count). The first-order chi connectivity index (χ1) is 26.6. The summed E-state index contributed by atoms with van der Waals surface area (Å²) in [6.45, 7) is 9.58. The molecular weight excluding hydrogens is 738 g/mol. The molecule has 0 heterocycles. The van der Waals surface area contributed by atoms with Crippen molar-refractivity contribution in [2.75, 3.05) is 70.5 Å². The number of nitrogens with two attached hydrogens (primary N) is 1. The summed E-state index contributed by atoms with van der Waals surface area (Å²) >= 11 is 1.57. The third-order valence-electron chi connectivity index (χ3n) is 9.38. The summed E-state index contributed by atoms with van der Waals surface area (Å²) in [6.07, 6.45) is 30.6. The number of nitrogens with one attached hydrogen (secondary N) is 2. The quantitative estimate of drug-likeness (QED) is 0.0301. The Hall–Kier alpha value is -0.690. The van der Waals surface area contributed by atoms with Gasteiger partial charge in [-0.15, -0.1) is 0 Å². The van der Waals surface area contributed by atoms with E-state index in [1.165, 1.54) is 116 Å². The first-order valence-electron chi connectivity index (χ1n) is 22.0. The van der Waals surface area contributed by atoms with E-state index >= 15 is 0 Å². The van der Waals surface area contributed by atoms with Crippen LogP contribution in [0.3, 0.4) is 0 Å². The van der Waals surface area contributed by atoms with Crippen molar-refractivity contribution >= 4 is 37.2 Å². The van der Waals surface area contributed by atoms with Crippen LogP contribution in [0.25, 0.3) is 0 Å². The predicted molar refractivity (Wildman–Crippen MR) is 234 cm³/mol. The monoisotopic (exact) mass is 824 g/mol. The van der Waals surface area contributed by atoms with Crippen molar-refractivity contribution in [2.24, 2.45) is 5.73 Å². The molecule has 11 nitrogen and oxygen atoms in total. The zero-order valence-corrected chi connectivity index (χ0v) is 37.3. The average Bonchev–Trinajstić information content (AvgIpc) is 3.14. The van der Waals surface area contributed by atoms with Gasteiger partial charge >= 0.3 is 0 Å². The molecule has 0 spiro atoms. The molecule has 3 atom stereocenters. The lowest BCUT2D eigenvalue weighted by Crippen LogP contribution is -2.47. The Morgan fingerprint density at radius 3 is 1.60 bits per heavy atom.